The van der Waals surface area contributed by atoms with Crippen molar-refractivity contribution in [1.29, 1.82) is 0 Å². The molecule has 0 spiro atoms. The topological polar surface area (TPSA) is 94.9 Å². The number of benzene rings is 1. The minimum Gasteiger partial charge on any atom is -0.480 e. The first-order valence-electron chi connectivity index (χ1n) is 6.26. The normalized spacial score (nSPS) is 21.8. The van der Waals surface area contributed by atoms with E-state index in [1.54, 1.807) is 12.1 Å². The highest BCUT2D eigenvalue weighted by molar-refractivity contribution is 5.88. The predicted molar refractivity (Wildman–Crippen MR) is 69.3 cm³/mol. The third-order valence-electron chi connectivity index (χ3n) is 3.55. The van der Waals surface area contributed by atoms with Crippen LogP contribution in [0.25, 0.3) is 0 Å². The molecule has 1 saturated heterocycles. The van der Waals surface area contributed by atoms with Crippen molar-refractivity contribution in [1.82, 2.24) is 4.90 Å². The molecule has 0 radical (unpaired) electrons. The number of amides is 1. The second-order valence-corrected chi connectivity index (χ2v) is 4.80. The Hall–Kier alpha value is -2.37. The zero-order valence-electron chi connectivity index (χ0n) is 10.9. The molecule has 2 rings (SSSR count). The molecule has 106 valence electrons. The Kier molecular flexibility index (Phi) is 3.74. The van der Waals surface area contributed by atoms with E-state index < -0.39 is 18.0 Å². The molecule has 1 aliphatic rings. The Morgan fingerprint density at radius 1 is 1.20 bits per heavy atom. The van der Waals surface area contributed by atoms with Crippen molar-refractivity contribution < 1.29 is 24.6 Å². The van der Waals surface area contributed by atoms with Crippen molar-refractivity contribution in [3.63, 3.8) is 0 Å². The fraction of sp³-hybridized carbons (Fsp3) is 0.357. The molecule has 20 heavy (non-hydrogen) atoms. The standard InChI is InChI=1S/C14H15NO5/c1-8(16)15-11(5-6-12(15)14(19)20)9-3-2-4-10(7-9)13(17)18/h2-4,7,11-12H,5-6H2,1H3,(H,17,18)(H,19,20)/t11?,12-/m0/s1. The van der Waals surface area contributed by atoms with Crippen molar-refractivity contribution in [2.24, 2.45) is 0 Å². The van der Waals surface area contributed by atoms with Crippen LogP contribution in [0.4, 0.5) is 0 Å². The Morgan fingerprint density at radius 3 is 2.45 bits per heavy atom. The minimum absolute atomic E-state index is 0.129. The number of aliphatic carboxylic acids is 1. The van der Waals surface area contributed by atoms with Gasteiger partial charge in [0.25, 0.3) is 0 Å². The Balaban J connectivity index is 2.36. The molecule has 1 amide bonds. The highest BCUT2D eigenvalue weighted by atomic mass is 16.4. The van der Waals surface area contributed by atoms with E-state index in [1.165, 1.54) is 24.0 Å². The quantitative estimate of drug-likeness (QED) is 0.873. The fourth-order valence-electron chi connectivity index (χ4n) is 2.70. The third kappa shape index (κ3) is 2.49. The highest BCUT2D eigenvalue weighted by Gasteiger charge is 2.40. The second-order valence-electron chi connectivity index (χ2n) is 4.80. The van der Waals surface area contributed by atoms with Gasteiger partial charge in [0.05, 0.1) is 11.6 Å². The third-order valence-corrected chi connectivity index (χ3v) is 3.55. The van der Waals surface area contributed by atoms with Gasteiger partial charge in [-0.25, -0.2) is 9.59 Å². The van der Waals surface area contributed by atoms with E-state index in [-0.39, 0.29) is 17.5 Å². The first-order chi connectivity index (χ1) is 9.41. The average Bonchev–Trinajstić information content (AvgIpc) is 2.83. The predicted octanol–water partition coefficient (Wildman–Crippen LogP) is 1.52. The van der Waals surface area contributed by atoms with Gasteiger partial charge in [0.1, 0.15) is 6.04 Å². The molecule has 0 aromatic heterocycles. The Morgan fingerprint density at radius 2 is 1.90 bits per heavy atom. The minimum atomic E-state index is -1.05. The van der Waals surface area contributed by atoms with Crippen LogP contribution in [0, 0.1) is 0 Å². The molecule has 1 aliphatic heterocycles. The number of hydrogen-bond donors (Lipinski definition) is 2. The van der Waals surface area contributed by atoms with Gasteiger partial charge >= 0.3 is 11.9 Å². The van der Waals surface area contributed by atoms with E-state index in [0.717, 1.165) is 0 Å². The first kappa shape index (κ1) is 14.0. The number of carbonyl (C=O) groups excluding carboxylic acids is 1. The van der Waals surface area contributed by atoms with Crippen molar-refractivity contribution >= 4 is 17.8 Å². The summed E-state index contributed by atoms with van der Waals surface area (Å²) in [7, 11) is 0. The summed E-state index contributed by atoms with van der Waals surface area (Å²) < 4.78 is 0. The summed E-state index contributed by atoms with van der Waals surface area (Å²) >= 11 is 0. The van der Waals surface area contributed by atoms with Gasteiger partial charge in [-0.2, -0.15) is 0 Å². The molecule has 0 aliphatic carbocycles. The number of rotatable bonds is 3. The lowest BCUT2D eigenvalue weighted by molar-refractivity contribution is -0.148. The summed E-state index contributed by atoms with van der Waals surface area (Å²) in [6.45, 7) is 1.33. The molecule has 0 bridgehead atoms. The molecule has 1 heterocycles. The maximum Gasteiger partial charge on any atom is 0.335 e. The molecule has 2 atom stereocenters. The Labute approximate surface area is 115 Å². The maximum atomic E-state index is 11.7. The molecule has 2 N–H and O–H groups in total. The molecule has 1 aromatic rings. The van der Waals surface area contributed by atoms with Gasteiger partial charge in [-0.1, -0.05) is 12.1 Å². The maximum absolute atomic E-state index is 11.7. The highest BCUT2D eigenvalue weighted by Crippen LogP contribution is 2.36. The van der Waals surface area contributed by atoms with Crippen molar-refractivity contribution in [3.8, 4) is 0 Å². The SMILES string of the molecule is CC(=O)N1C(c2cccc(C(=O)O)c2)CC[C@H]1C(=O)O. The lowest BCUT2D eigenvalue weighted by Gasteiger charge is -2.27. The summed E-state index contributed by atoms with van der Waals surface area (Å²) in [5.74, 6) is -2.40. The van der Waals surface area contributed by atoms with Crippen LogP contribution in [-0.2, 0) is 9.59 Å². The summed E-state index contributed by atoms with van der Waals surface area (Å²) in [5, 5.41) is 18.1. The number of hydrogen-bond acceptors (Lipinski definition) is 3. The zero-order chi connectivity index (χ0) is 14.9. The van der Waals surface area contributed by atoms with Gasteiger partial charge in [0.2, 0.25) is 5.91 Å². The lowest BCUT2D eigenvalue weighted by atomic mass is 10.0. The molecular weight excluding hydrogens is 262 g/mol. The van der Waals surface area contributed by atoms with E-state index in [4.69, 9.17) is 10.2 Å². The fourth-order valence-corrected chi connectivity index (χ4v) is 2.70. The van der Waals surface area contributed by atoms with Gasteiger partial charge in [0, 0.05) is 6.92 Å². The summed E-state index contributed by atoms with van der Waals surface area (Å²) in [6.07, 6.45) is 0.885. The van der Waals surface area contributed by atoms with Crippen LogP contribution in [0.1, 0.15) is 41.7 Å². The van der Waals surface area contributed by atoms with E-state index in [0.29, 0.717) is 18.4 Å². The number of nitrogens with zero attached hydrogens (tertiary/aromatic N) is 1. The van der Waals surface area contributed by atoms with Crippen LogP contribution < -0.4 is 0 Å². The van der Waals surface area contributed by atoms with Gasteiger partial charge in [-0.3, -0.25) is 4.79 Å². The van der Waals surface area contributed by atoms with Crippen LogP contribution in [0.5, 0.6) is 0 Å². The van der Waals surface area contributed by atoms with Crippen molar-refractivity contribution in [2.75, 3.05) is 0 Å². The first-order valence-corrected chi connectivity index (χ1v) is 6.26. The molecule has 6 heteroatoms. The average molecular weight is 277 g/mol. The van der Waals surface area contributed by atoms with Gasteiger partial charge in [-0.05, 0) is 30.5 Å². The number of aromatic carboxylic acids is 1. The lowest BCUT2D eigenvalue weighted by Crippen LogP contribution is -2.40. The van der Waals surface area contributed by atoms with Crippen LogP contribution in [0.3, 0.4) is 0 Å². The van der Waals surface area contributed by atoms with E-state index in [1.807, 2.05) is 0 Å². The number of carbonyl (C=O) groups is 3. The molecule has 0 saturated carbocycles. The summed E-state index contributed by atoms with van der Waals surface area (Å²) in [6, 6.07) is 5.06. The number of likely N-dealkylation sites (tertiary alicyclic amines) is 1. The van der Waals surface area contributed by atoms with Gasteiger partial charge in [-0.15, -0.1) is 0 Å². The van der Waals surface area contributed by atoms with Crippen molar-refractivity contribution in [2.45, 2.75) is 31.8 Å². The molecular formula is C14H15NO5. The second kappa shape index (κ2) is 5.32. The van der Waals surface area contributed by atoms with E-state index >= 15 is 0 Å². The summed E-state index contributed by atoms with van der Waals surface area (Å²) in [5.41, 5.74) is 0.786. The van der Waals surface area contributed by atoms with Crippen LogP contribution in [-0.4, -0.2) is 39.0 Å². The van der Waals surface area contributed by atoms with E-state index in [9.17, 15) is 14.4 Å². The smallest absolute Gasteiger partial charge is 0.335 e. The van der Waals surface area contributed by atoms with Crippen LogP contribution in [0.2, 0.25) is 0 Å². The number of carboxylic acid groups (broad SMARTS) is 2. The largest absolute Gasteiger partial charge is 0.480 e. The molecule has 6 nitrogen and oxygen atoms in total. The van der Waals surface area contributed by atoms with Crippen LogP contribution in [0.15, 0.2) is 24.3 Å². The molecule has 1 fully saturated rings. The monoisotopic (exact) mass is 277 g/mol. The summed E-state index contributed by atoms with van der Waals surface area (Å²) in [4.78, 5) is 35.2. The van der Waals surface area contributed by atoms with Gasteiger partial charge in [0.15, 0.2) is 0 Å². The molecule has 1 aromatic carbocycles. The van der Waals surface area contributed by atoms with Crippen LogP contribution >= 0.6 is 0 Å². The van der Waals surface area contributed by atoms with Gasteiger partial charge < -0.3 is 15.1 Å². The van der Waals surface area contributed by atoms with Crippen molar-refractivity contribution in [3.05, 3.63) is 35.4 Å². The Bertz CT molecular complexity index is 568. The van der Waals surface area contributed by atoms with E-state index in [2.05, 4.69) is 0 Å². The number of carboxylic acids is 2. The molecule has 1 unspecified atom stereocenters. The zero-order valence-corrected chi connectivity index (χ0v) is 10.9.